The number of carbonyl (C=O) groups excluding carboxylic acids is 1. The highest BCUT2D eigenvalue weighted by atomic mass is 32.2. The van der Waals surface area contributed by atoms with E-state index < -0.39 is 16.1 Å². The number of amides is 1. The van der Waals surface area contributed by atoms with Gasteiger partial charge in [0, 0.05) is 19.8 Å². The van der Waals surface area contributed by atoms with Crippen molar-refractivity contribution < 1.29 is 13.2 Å². The predicted octanol–water partition coefficient (Wildman–Crippen LogP) is 1.27. The second-order valence-electron chi connectivity index (χ2n) is 5.10. The molecule has 9 heteroatoms. The summed E-state index contributed by atoms with van der Waals surface area (Å²) in [5, 5.41) is 8.42. The molecule has 1 aliphatic heterocycles. The van der Waals surface area contributed by atoms with Crippen LogP contribution in [0.2, 0.25) is 0 Å². The van der Waals surface area contributed by atoms with E-state index in [0.717, 1.165) is 11.3 Å². The summed E-state index contributed by atoms with van der Waals surface area (Å²) < 4.78 is 28.4. The van der Waals surface area contributed by atoms with Gasteiger partial charge in [-0.2, -0.15) is 9.40 Å². The molecule has 0 unspecified atom stereocenters. The molecule has 7 nitrogen and oxygen atoms in total. The van der Waals surface area contributed by atoms with E-state index in [2.05, 4.69) is 10.4 Å². The summed E-state index contributed by atoms with van der Waals surface area (Å²) in [7, 11) is -1.86. The molecule has 1 fully saturated rings. The third-order valence-corrected chi connectivity index (χ3v) is 6.82. The van der Waals surface area contributed by atoms with Gasteiger partial charge in [0.15, 0.2) is 0 Å². The van der Waals surface area contributed by atoms with Crippen molar-refractivity contribution in [1.82, 2.24) is 14.1 Å². The molecule has 118 valence electrons. The third-order valence-electron chi connectivity index (χ3n) is 3.54. The largest absolute Gasteiger partial charge is 0.322 e. The number of aryl methyl sites for hydroxylation is 1. The van der Waals surface area contributed by atoms with Crippen molar-refractivity contribution in [3.8, 4) is 0 Å². The monoisotopic (exact) mass is 340 g/mol. The van der Waals surface area contributed by atoms with Gasteiger partial charge in [-0.1, -0.05) is 6.07 Å². The van der Waals surface area contributed by atoms with Crippen molar-refractivity contribution in [2.45, 2.75) is 23.1 Å². The van der Waals surface area contributed by atoms with Crippen LogP contribution in [0.5, 0.6) is 0 Å². The molecule has 1 aliphatic rings. The van der Waals surface area contributed by atoms with Crippen LogP contribution in [0.25, 0.3) is 0 Å². The summed E-state index contributed by atoms with van der Waals surface area (Å²) in [5.41, 5.74) is 0.563. The van der Waals surface area contributed by atoms with Gasteiger partial charge in [-0.25, -0.2) is 8.42 Å². The maximum atomic E-state index is 12.6. The lowest BCUT2D eigenvalue weighted by Crippen LogP contribution is -2.42. The fraction of sp³-hybridized carbons (Fsp3) is 0.385. The second-order valence-corrected chi connectivity index (χ2v) is 8.16. The first-order chi connectivity index (χ1) is 10.5. The molecule has 0 bridgehead atoms. The first-order valence-electron chi connectivity index (χ1n) is 6.83. The minimum Gasteiger partial charge on any atom is -0.322 e. The molecule has 1 amide bonds. The number of rotatable bonds is 4. The first-order valence-corrected chi connectivity index (χ1v) is 9.15. The van der Waals surface area contributed by atoms with Crippen LogP contribution >= 0.6 is 11.3 Å². The van der Waals surface area contributed by atoms with Crippen LogP contribution in [0, 0.1) is 0 Å². The van der Waals surface area contributed by atoms with Crippen molar-refractivity contribution >= 4 is 33.0 Å². The van der Waals surface area contributed by atoms with Gasteiger partial charge in [0.2, 0.25) is 5.91 Å². The van der Waals surface area contributed by atoms with Crippen LogP contribution in [0.4, 0.5) is 5.69 Å². The van der Waals surface area contributed by atoms with Crippen LogP contribution in [0.15, 0.2) is 34.1 Å². The summed E-state index contributed by atoms with van der Waals surface area (Å²) in [6.07, 6.45) is 4.41. The molecule has 22 heavy (non-hydrogen) atoms. The van der Waals surface area contributed by atoms with Crippen molar-refractivity contribution in [2.75, 3.05) is 11.9 Å². The van der Waals surface area contributed by atoms with Crippen LogP contribution in [-0.2, 0) is 21.9 Å². The Balaban J connectivity index is 1.80. The van der Waals surface area contributed by atoms with E-state index in [4.69, 9.17) is 0 Å². The number of nitrogens with zero attached hydrogens (tertiary/aromatic N) is 3. The molecule has 1 N–H and O–H groups in total. The van der Waals surface area contributed by atoms with Gasteiger partial charge in [-0.05, 0) is 24.3 Å². The molecule has 1 saturated heterocycles. The maximum absolute atomic E-state index is 12.6. The molecule has 2 aromatic heterocycles. The summed E-state index contributed by atoms with van der Waals surface area (Å²) in [5.74, 6) is -0.314. The highest BCUT2D eigenvalue weighted by Crippen LogP contribution is 2.29. The number of carbonyl (C=O) groups is 1. The highest BCUT2D eigenvalue weighted by Gasteiger charge is 2.39. The number of hydrogen-bond acceptors (Lipinski definition) is 5. The summed E-state index contributed by atoms with van der Waals surface area (Å²) in [4.78, 5) is 12.4. The lowest BCUT2D eigenvalue weighted by Gasteiger charge is -2.22. The summed E-state index contributed by atoms with van der Waals surface area (Å²) >= 11 is 1.16. The molecule has 0 aliphatic carbocycles. The zero-order chi connectivity index (χ0) is 15.7. The minimum atomic E-state index is -3.61. The lowest BCUT2D eigenvalue weighted by molar-refractivity contribution is -0.119. The van der Waals surface area contributed by atoms with Gasteiger partial charge < -0.3 is 5.32 Å². The van der Waals surface area contributed by atoms with E-state index in [1.165, 1.54) is 10.5 Å². The minimum absolute atomic E-state index is 0.272. The SMILES string of the molecule is Cn1cc(NC(=O)[C@H]2CCCN2S(=O)(=O)c2cccs2)cn1. The van der Waals surface area contributed by atoms with E-state index in [9.17, 15) is 13.2 Å². The molecule has 1 atom stereocenters. The maximum Gasteiger partial charge on any atom is 0.253 e. The van der Waals surface area contributed by atoms with E-state index >= 15 is 0 Å². The topological polar surface area (TPSA) is 84.3 Å². The van der Waals surface area contributed by atoms with Gasteiger partial charge in [0.25, 0.3) is 10.0 Å². The third kappa shape index (κ3) is 2.79. The molecule has 0 aromatic carbocycles. The van der Waals surface area contributed by atoms with E-state index in [0.29, 0.717) is 25.1 Å². The zero-order valence-electron chi connectivity index (χ0n) is 12.0. The van der Waals surface area contributed by atoms with Crippen LogP contribution in [0.1, 0.15) is 12.8 Å². The molecule has 3 heterocycles. The Kier molecular flexibility index (Phi) is 4.02. The quantitative estimate of drug-likeness (QED) is 0.908. The Labute approximate surface area is 132 Å². The number of nitrogens with one attached hydrogen (secondary N) is 1. The van der Waals surface area contributed by atoms with Gasteiger partial charge in [0.1, 0.15) is 10.3 Å². The number of hydrogen-bond donors (Lipinski definition) is 1. The van der Waals surface area contributed by atoms with Crippen molar-refractivity contribution in [1.29, 1.82) is 0 Å². The number of anilines is 1. The van der Waals surface area contributed by atoms with E-state index in [-0.39, 0.29) is 10.1 Å². The van der Waals surface area contributed by atoms with Gasteiger partial charge in [-0.15, -0.1) is 11.3 Å². The van der Waals surface area contributed by atoms with Gasteiger partial charge in [-0.3, -0.25) is 9.48 Å². The zero-order valence-corrected chi connectivity index (χ0v) is 13.6. The van der Waals surface area contributed by atoms with Crippen molar-refractivity contribution in [3.63, 3.8) is 0 Å². The Bertz CT molecular complexity index is 767. The fourth-order valence-corrected chi connectivity index (χ4v) is 5.30. The highest BCUT2D eigenvalue weighted by molar-refractivity contribution is 7.91. The summed E-state index contributed by atoms with van der Waals surface area (Å²) in [6, 6.07) is 2.58. The normalized spacial score (nSPS) is 19.4. The van der Waals surface area contributed by atoms with Gasteiger partial charge >= 0.3 is 0 Å². The Hall–Kier alpha value is -1.71. The smallest absolute Gasteiger partial charge is 0.253 e. The van der Waals surface area contributed by atoms with E-state index in [1.54, 1.807) is 35.4 Å². The summed E-state index contributed by atoms with van der Waals surface area (Å²) in [6.45, 7) is 0.366. The van der Waals surface area contributed by atoms with Gasteiger partial charge in [0.05, 0.1) is 11.9 Å². The Morgan fingerprint density at radius 1 is 1.50 bits per heavy atom. The average molecular weight is 340 g/mol. The Morgan fingerprint density at radius 2 is 2.32 bits per heavy atom. The molecule has 2 aromatic rings. The van der Waals surface area contributed by atoms with Crippen LogP contribution in [0.3, 0.4) is 0 Å². The van der Waals surface area contributed by atoms with Crippen LogP contribution in [-0.4, -0.2) is 41.0 Å². The first kappa shape index (κ1) is 15.2. The molecule has 3 rings (SSSR count). The van der Waals surface area contributed by atoms with Crippen molar-refractivity contribution in [2.24, 2.45) is 7.05 Å². The van der Waals surface area contributed by atoms with Crippen molar-refractivity contribution in [3.05, 3.63) is 29.9 Å². The number of sulfonamides is 1. The molecule has 0 radical (unpaired) electrons. The fourth-order valence-electron chi connectivity index (χ4n) is 2.53. The number of aromatic nitrogens is 2. The predicted molar refractivity (Wildman–Crippen MR) is 83.1 cm³/mol. The van der Waals surface area contributed by atoms with E-state index in [1.807, 2.05) is 0 Å². The molecular formula is C13H16N4O3S2. The number of thiophene rings is 1. The standard InChI is InChI=1S/C13H16N4O3S2/c1-16-9-10(8-14-16)15-13(18)11-4-2-6-17(11)22(19,20)12-5-3-7-21-12/h3,5,7-9,11H,2,4,6H2,1H3,(H,15,18)/t11-/m1/s1. The molecular weight excluding hydrogens is 324 g/mol. The molecule has 0 spiro atoms. The Morgan fingerprint density at radius 3 is 2.95 bits per heavy atom. The lowest BCUT2D eigenvalue weighted by atomic mass is 10.2. The molecule has 0 saturated carbocycles. The average Bonchev–Trinajstić information content (AvgIpc) is 3.20. The van der Waals surface area contributed by atoms with Crippen LogP contribution < -0.4 is 5.32 Å². The second kappa shape index (κ2) is 5.82.